The third-order valence-electron chi connectivity index (χ3n) is 4.13. The van der Waals surface area contributed by atoms with Crippen molar-refractivity contribution in [2.45, 2.75) is 32.7 Å². The van der Waals surface area contributed by atoms with Crippen molar-refractivity contribution in [1.82, 2.24) is 10.2 Å². The Labute approximate surface area is 123 Å². The Morgan fingerprint density at radius 1 is 1.35 bits per heavy atom. The number of ether oxygens (including phenoxy) is 1. The first-order valence-electron chi connectivity index (χ1n) is 7.83. The predicted molar refractivity (Wildman–Crippen MR) is 84.2 cm³/mol. The summed E-state index contributed by atoms with van der Waals surface area (Å²) in [5, 5.41) is 3.67. The lowest BCUT2D eigenvalue weighted by Crippen LogP contribution is -2.37. The van der Waals surface area contributed by atoms with Gasteiger partial charge in [-0.15, -0.1) is 0 Å². The van der Waals surface area contributed by atoms with E-state index in [2.05, 4.69) is 48.5 Å². The van der Waals surface area contributed by atoms with E-state index >= 15 is 0 Å². The van der Waals surface area contributed by atoms with Gasteiger partial charge in [0.2, 0.25) is 0 Å². The number of nitrogens with one attached hydrogen (secondary N) is 1. The fourth-order valence-corrected chi connectivity index (χ4v) is 2.92. The molecule has 0 radical (unpaired) electrons. The molecule has 3 heteroatoms. The lowest BCUT2D eigenvalue weighted by Gasteiger charge is -2.30. The third-order valence-corrected chi connectivity index (χ3v) is 4.13. The van der Waals surface area contributed by atoms with Gasteiger partial charge >= 0.3 is 0 Å². The molecule has 0 amide bonds. The minimum Gasteiger partial charge on any atom is -0.494 e. The zero-order valence-electron chi connectivity index (χ0n) is 13.1. The van der Waals surface area contributed by atoms with Crippen LogP contribution in [0.4, 0.5) is 0 Å². The fourth-order valence-electron chi connectivity index (χ4n) is 2.92. The summed E-state index contributed by atoms with van der Waals surface area (Å²) in [7, 11) is 2.22. The maximum atomic E-state index is 5.48. The van der Waals surface area contributed by atoms with Crippen LogP contribution in [-0.4, -0.2) is 38.2 Å². The fraction of sp³-hybridized carbons (Fsp3) is 0.647. The molecule has 0 aromatic heterocycles. The molecule has 1 saturated heterocycles. The highest BCUT2D eigenvalue weighted by Crippen LogP contribution is 2.19. The van der Waals surface area contributed by atoms with Gasteiger partial charge in [-0.05, 0) is 70.4 Å². The molecule has 112 valence electrons. The molecule has 1 aromatic rings. The number of hydrogen-bond donors (Lipinski definition) is 1. The standard InChI is InChI=1S/C17H28N2O/c1-4-20-17-9-7-16(8-10-17)14(2)18-12-15-6-5-11-19(3)13-15/h7-10,14-15,18H,4-6,11-13H2,1-3H3. The molecule has 20 heavy (non-hydrogen) atoms. The molecule has 1 heterocycles. The third kappa shape index (κ3) is 4.50. The number of nitrogens with zero attached hydrogens (tertiary/aromatic N) is 1. The Kier molecular flexibility index (Phi) is 5.86. The molecule has 2 rings (SSSR count). The van der Waals surface area contributed by atoms with Crippen LogP contribution in [0.15, 0.2) is 24.3 Å². The van der Waals surface area contributed by atoms with Crippen LogP contribution in [0.5, 0.6) is 5.75 Å². The van der Waals surface area contributed by atoms with E-state index in [-0.39, 0.29) is 0 Å². The van der Waals surface area contributed by atoms with Gasteiger partial charge in [-0.1, -0.05) is 12.1 Å². The Balaban J connectivity index is 1.80. The highest BCUT2D eigenvalue weighted by molar-refractivity contribution is 5.28. The van der Waals surface area contributed by atoms with E-state index in [4.69, 9.17) is 4.74 Å². The maximum absolute atomic E-state index is 5.48. The average Bonchev–Trinajstić information content (AvgIpc) is 2.46. The lowest BCUT2D eigenvalue weighted by molar-refractivity contribution is 0.203. The molecule has 0 bridgehead atoms. The van der Waals surface area contributed by atoms with E-state index in [9.17, 15) is 0 Å². The smallest absolute Gasteiger partial charge is 0.119 e. The van der Waals surface area contributed by atoms with Crippen LogP contribution in [-0.2, 0) is 0 Å². The second-order valence-corrected chi connectivity index (χ2v) is 5.90. The van der Waals surface area contributed by atoms with Crippen molar-refractivity contribution >= 4 is 0 Å². The monoisotopic (exact) mass is 276 g/mol. The summed E-state index contributed by atoms with van der Waals surface area (Å²) in [4.78, 5) is 2.44. The molecule has 1 aromatic carbocycles. The number of likely N-dealkylation sites (tertiary alicyclic amines) is 1. The van der Waals surface area contributed by atoms with E-state index in [1.165, 1.54) is 31.5 Å². The minimum absolute atomic E-state index is 0.401. The van der Waals surface area contributed by atoms with Crippen molar-refractivity contribution in [3.63, 3.8) is 0 Å². The molecular weight excluding hydrogens is 248 g/mol. The van der Waals surface area contributed by atoms with Crippen LogP contribution in [0.25, 0.3) is 0 Å². The van der Waals surface area contributed by atoms with E-state index in [0.29, 0.717) is 6.04 Å². The maximum Gasteiger partial charge on any atom is 0.119 e. The molecule has 1 N–H and O–H groups in total. The van der Waals surface area contributed by atoms with Gasteiger partial charge in [0, 0.05) is 12.6 Å². The first-order valence-corrected chi connectivity index (χ1v) is 7.83. The molecule has 1 fully saturated rings. The first-order chi connectivity index (χ1) is 9.69. The zero-order valence-corrected chi connectivity index (χ0v) is 13.1. The van der Waals surface area contributed by atoms with E-state index < -0.39 is 0 Å². The Morgan fingerprint density at radius 2 is 2.10 bits per heavy atom. The van der Waals surface area contributed by atoms with Gasteiger partial charge < -0.3 is 15.0 Å². The molecule has 0 spiro atoms. The predicted octanol–water partition coefficient (Wildman–Crippen LogP) is 3.08. The van der Waals surface area contributed by atoms with Crippen LogP contribution in [0.2, 0.25) is 0 Å². The highest BCUT2D eigenvalue weighted by Gasteiger charge is 2.17. The molecule has 1 aliphatic rings. The van der Waals surface area contributed by atoms with Gasteiger partial charge in [0.15, 0.2) is 0 Å². The van der Waals surface area contributed by atoms with Gasteiger partial charge in [0.25, 0.3) is 0 Å². The van der Waals surface area contributed by atoms with Crippen LogP contribution < -0.4 is 10.1 Å². The van der Waals surface area contributed by atoms with Crippen LogP contribution in [0.1, 0.15) is 38.3 Å². The van der Waals surface area contributed by atoms with Crippen molar-refractivity contribution in [2.75, 3.05) is 33.3 Å². The summed E-state index contributed by atoms with van der Waals surface area (Å²) < 4.78 is 5.48. The van der Waals surface area contributed by atoms with E-state index in [0.717, 1.165) is 24.8 Å². The normalized spacial score (nSPS) is 21.6. The average molecular weight is 276 g/mol. The Morgan fingerprint density at radius 3 is 2.75 bits per heavy atom. The van der Waals surface area contributed by atoms with Crippen molar-refractivity contribution in [3.8, 4) is 5.75 Å². The van der Waals surface area contributed by atoms with Crippen molar-refractivity contribution in [2.24, 2.45) is 5.92 Å². The summed E-state index contributed by atoms with van der Waals surface area (Å²) in [6.07, 6.45) is 2.69. The first kappa shape index (κ1) is 15.3. The summed E-state index contributed by atoms with van der Waals surface area (Å²) >= 11 is 0. The topological polar surface area (TPSA) is 24.5 Å². The zero-order chi connectivity index (χ0) is 14.4. The molecule has 0 aliphatic carbocycles. The molecule has 3 nitrogen and oxygen atoms in total. The van der Waals surface area contributed by atoms with Crippen molar-refractivity contribution < 1.29 is 4.74 Å². The van der Waals surface area contributed by atoms with Gasteiger partial charge in [0.05, 0.1) is 6.61 Å². The second-order valence-electron chi connectivity index (χ2n) is 5.90. The number of hydrogen-bond acceptors (Lipinski definition) is 3. The lowest BCUT2D eigenvalue weighted by atomic mass is 9.97. The summed E-state index contributed by atoms with van der Waals surface area (Å²) in [6, 6.07) is 8.85. The summed E-state index contributed by atoms with van der Waals surface area (Å²) in [5.41, 5.74) is 1.33. The Hall–Kier alpha value is -1.06. The Bertz CT molecular complexity index is 390. The van der Waals surface area contributed by atoms with Crippen molar-refractivity contribution in [3.05, 3.63) is 29.8 Å². The van der Waals surface area contributed by atoms with Gasteiger partial charge in [-0.2, -0.15) is 0 Å². The van der Waals surface area contributed by atoms with Crippen LogP contribution in [0.3, 0.4) is 0 Å². The molecule has 1 aliphatic heterocycles. The summed E-state index contributed by atoms with van der Waals surface area (Å²) in [5.74, 6) is 1.75. The van der Waals surface area contributed by atoms with E-state index in [1.807, 2.05) is 6.92 Å². The van der Waals surface area contributed by atoms with Crippen LogP contribution >= 0.6 is 0 Å². The number of rotatable bonds is 6. The largest absolute Gasteiger partial charge is 0.494 e. The highest BCUT2D eigenvalue weighted by atomic mass is 16.5. The van der Waals surface area contributed by atoms with E-state index in [1.54, 1.807) is 0 Å². The van der Waals surface area contributed by atoms with Gasteiger partial charge in [0.1, 0.15) is 5.75 Å². The van der Waals surface area contributed by atoms with Gasteiger partial charge in [-0.25, -0.2) is 0 Å². The summed E-state index contributed by atoms with van der Waals surface area (Å²) in [6.45, 7) is 8.57. The minimum atomic E-state index is 0.401. The quantitative estimate of drug-likeness (QED) is 0.864. The SMILES string of the molecule is CCOc1ccc(C(C)NCC2CCCN(C)C2)cc1. The number of benzene rings is 1. The molecular formula is C17H28N2O. The van der Waals surface area contributed by atoms with Gasteiger partial charge in [-0.3, -0.25) is 0 Å². The molecule has 2 atom stereocenters. The number of piperidine rings is 1. The van der Waals surface area contributed by atoms with Crippen molar-refractivity contribution in [1.29, 1.82) is 0 Å². The second kappa shape index (κ2) is 7.65. The van der Waals surface area contributed by atoms with Crippen LogP contribution in [0, 0.1) is 5.92 Å². The molecule has 0 saturated carbocycles. The molecule has 2 unspecified atom stereocenters.